The van der Waals surface area contributed by atoms with Crippen molar-refractivity contribution in [3.05, 3.63) is 70.2 Å². The molecule has 1 aliphatic carbocycles. The molecule has 20 heavy (non-hydrogen) atoms. The average Bonchev–Trinajstić information content (AvgIpc) is 2.87. The van der Waals surface area contributed by atoms with E-state index in [1.54, 1.807) is 0 Å². The molecular weight excluding hydrogens is 266 g/mol. The first kappa shape index (κ1) is 13.7. The predicted molar refractivity (Wildman–Crippen MR) is 85.3 cm³/mol. The highest BCUT2D eigenvalue weighted by atomic mass is 35.5. The molecule has 0 heterocycles. The molecule has 0 amide bonds. The zero-order chi connectivity index (χ0) is 13.9. The zero-order valence-corrected chi connectivity index (χ0v) is 12.5. The van der Waals surface area contributed by atoms with Gasteiger partial charge in [0, 0.05) is 17.1 Å². The molecule has 0 saturated carbocycles. The second-order valence-electron chi connectivity index (χ2n) is 5.56. The fourth-order valence-electron chi connectivity index (χ4n) is 3.13. The van der Waals surface area contributed by atoms with Crippen molar-refractivity contribution in [2.45, 2.75) is 38.3 Å². The third-order valence-corrected chi connectivity index (χ3v) is 4.38. The van der Waals surface area contributed by atoms with Gasteiger partial charge < -0.3 is 5.32 Å². The monoisotopic (exact) mass is 285 g/mol. The molecule has 1 N–H and O–H groups in total. The molecule has 0 aliphatic heterocycles. The van der Waals surface area contributed by atoms with Crippen LogP contribution < -0.4 is 5.32 Å². The molecule has 0 fully saturated rings. The number of nitrogens with one attached hydrogen (secondary N) is 1. The summed E-state index contributed by atoms with van der Waals surface area (Å²) in [6.45, 7) is 2.22. The summed E-state index contributed by atoms with van der Waals surface area (Å²) in [4.78, 5) is 0. The molecule has 104 valence electrons. The van der Waals surface area contributed by atoms with Crippen LogP contribution in [0.2, 0.25) is 5.02 Å². The van der Waals surface area contributed by atoms with E-state index in [9.17, 15) is 0 Å². The Bertz CT molecular complexity index is 568. The smallest absolute Gasteiger partial charge is 0.0409 e. The molecule has 0 spiro atoms. The SMILES string of the molecule is CCC(NC1Cc2ccccc2C1)c1cccc(Cl)c1. The van der Waals surface area contributed by atoms with Gasteiger partial charge in [0.05, 0.1) is 0 Å². The lowest BCUT2D eigenvalue weighted by atomic mass is 10.0. The van der Waals surface area contributed by atoms with Crippen LogP contribution in [-0.4, -0.2) is 6.04 Å². The Morgan fingerprint density at radius 3 is 2.40 bits per heavy atom. The van der Waals surface area contributed by atoms with Crippen molar-refractivity contribution in [1.29, 1.82) is 0 Å². The number of fused-ring (bicyclic) bond motifs is 1. The minimum Gasteiger partial charge on any atom is -0.307 e. The zero-order valence-electron chi connectivity index (χ0n) is 11.8. The van der Waals surface area contributed by atoms with Gasteiger partial charge in [0.2, 0.25) is 0 Å². The standard InChI is InChI=1S/C18H20ClN/c1-2-18(15-8-5-9-16(19)10-15)20-17-11-13-6-3-4-7-14(13)12-17/h3-10,17-18,20H,2,11-12H2,1H3. The second-order valence-corrected chi connectivity index (χ2v) is 5.99. The van der Waals surface area contributed by atoms with Crippen LogP contribution in [0.5, 0.6) is 0 Å². The first-order valence-electron chi connectivity index (χ1n) is 7.34. The van der Waals surface area contributed by atoms with Gasteiger partial charge in [-0.15, -0.1) is 0 Å². The van der Waals surface area contributed by atoms with E-state index in [-0.39, 0.29) is 0 Å². The maximum atomic E-state index is 6.11. The Kier molecular flexibility index (Phi) is 4.09. The molecule has 0 bridgehead atoms. The molecular formula is C18H20ClN. The Morgan fingerprint density at radius 1 is 1.10 bits per heavy atom. The van der Waals surface area contributed by atoms with Gasteiger partial charge in [0.1, 0.15) is 0 Å². The Balaban J connectivity index is 1.71. The van der Waals surface area contributed by atoms with E-state index in [1.165, 1.54) is 16.7 Å². The highest BCUT2D eigenvalue weighted by molar-refractivity contribution is 6.30. The van der Waals surface area contributed by atoms with Gasteiger partial charge in [-0.2, -0.15) is 0 Å². The molecule has 0 saturated heterocycles. The van der Waals surface area contributed by atoms with E-state index < -0.39 is 0 Å². The van der Waals surface area contributed by atoms with Crippen molar-refractivity contribution in [2.24, 2.45) is 0 Å². The Labute approximate surface area is 126 Å². The molecule has 0 aromatic heterocycles. The fraction of sp³-hybridized carbons (Fsp3) is 0.333. The average molecular weight is 286 g/mol. The number of hydrogen-bond donors (Lipinski definition) is 1. The van der Waals surface area contributed by atoms with E-state index in [0.29, 0.717) is 12.1 Å². The Morgan fingerprint density at radius 2 is 1.80 bits per heavy atom. The van der Waals surface area contributed by atoms with Crippen LogP contribution in [0, 0.1) is 0 Å². The van der Waals surface area contributed by atoms with Crippen molar-refractivity contribution >= 4 is 11.6 Å². The molecule has 1 unspecified atom stereocenters. The van der Waals surface area contributed by atoms with Crippen LogP contribution in [-0.2, 0) is 12.8 Å². The summed E-state index contributed by atoms with van der Waals surface area (Å²) in [6, 6.07) is 17.9. The first-order chi connectivity index (χ1) is 9.76. The number of hydrogen-bond acceptors (Lipinski definition) is 1. The normalized spacial score (nSPS) is 16.1. The maximum Gasteiger partial charge on any atom is 0.0409 e. The van der Waals surface area contributed by atoms with Crippen LogP contribution in [0.15, 0.2) is 48.5 Å². The van der Waals surface area contributed by atoms with Crippen molar-refractivity contribution < 1.29 is 0 Å². The largest absolute Gasteiger partial charge is 0.307 e. The van der Waals surface area contributed by atoms with Gasteiger partial charge in [-0.05, 0) is 48.1 Å². The topological polar surface area (TPSA) is 12.0 Å². The molecule has 0 radical (unpaired) electrons. The van der Waals surface area contributed by atoms with Gasteiger partial charge in [0.25, 0.3) is 0 Å². The first-order valence-corrected chi connectivity index (χ1v) is 7.72. The van der Waals surface area contributed by atoms with Crippen LogP contribution in [0.1, 0.15) is 36.1 Å². The van der Waals surface area contributed by atoms with E-state index in [2.05, 4.69) is 48.6 Å². The lowest BCUT2D eigenvalue weighted by molar-refractivity contribution is 0.435. The quantitative estimate of drug-likeness (QED) is 0.869. The summed E-state index contributed by atoms with van der Waals surface area (Å²) < 4.78 is 0. The van der Waals surface area contributed by atoms with Crippen LogP contribution >= 0.6 is 11.6 Å². The summed E-state index contributed by atoms with van der Waals surface area (Å²) in [5.74, 6) is 0. The maximum absolute atomic E-state index is 6.11. The molecule has 1 atom stereocenters. The molecule has 1 nitrogen and oxygen atoms in total. The van der Waals surface area contributed by atoms with Crippen LogP contribution in [0.3, 0.4) is 0 Å². The van der Waals surface area contributed by atoms with E-state index >= 15 is 0 Å². The minimum atomic E-state index is 0.382. The number of rotatable bonds is 4. The van der Waals surface area contributed by atoms with Gasteiger partial charge >= 0.3 is 0 Å². The highest BCUT2D eigenvalue weighted by Gasteiger charge is 2.23. The summed E-state index contributed by atoms with van der Waals surface area (Å²) in [7, 11) is 0. The lowest BCUT2D eigenvalue weighted by Gasteiger charge is -2.22. The summed E-state index contributed by atoms with van der Waals surface area (Å²) in [5.41, 5.74) is 4.27. The number of halogens is 1. The minimum absolute atomic E-state index is 0.382. The summed E-state index contributed by atoms with van der Waals surface area (Å²) in [6.07, 6.45) is 3.34. The van der Waals surface area contributed by atoms with Gasteiger partial charge in [-0.3, -0.25) is 0 Å². The van der Waals surface area contributed by atoms with Crippen LogP contribution in [0.25, 0.3) is 0 Å². The molecule has 1 aliphatic rings. The summed E-state index contributed by atoms with van der Waals surface area (Å²) >= 11 is 6.11. The molecule has 2 aromatic carbocycles. The molecule has 2 aromatic rings. The lowest BCUT2D eigenvalue weighted by Crippen LogP contribution is -2.33. The van der Waals surface area contributed by atoms with Crippen molar-refractivity contribution in [2.75, 3.05) is 0 Å². The predicted octanol–water partition coefficient (Wildman–Crippen LogP) is 4.55. The molecule has 3 rings (SSSR count). The van der Waals surface area contributed by atoms with Crippen molar-refractivity contribution in [3.8, 4) is 0 Å². The summed E-state index contributed by atoms with van der Waals surface area (Å²) in [5, 5.41) is 4.61. The second kappa shape index (κ2) is 5.99. The van der Waals surface area contributed by atoms with Crippen molar-refractivity contribution in [3.63, 3.8) is 0 Å². The number of benzene rings is 2. The third kappa shape index (κ3) is 2.89. The van der Waals surface area contributed by atoms with Crippen LogP contribution in [0.4, 0.5) is 0 Å². The van der Waals surface area contributed by atoms with Crippen molar-refractivity contribution in [1.82, 2.24) is 5.32 Å². The third-order valence-electron chi connectivity index (χ3n) is 4.15. The van der Waals surface area contributed by atoms with E-state index in [0.717, 1.165) is 24.3 Å². The Hall–Kier alpha value is -1.31. The van der Waals surface area contributed by atoms with E-state index in [1.807, 2.05) is 12.1 Å². The molecule has 2 heteroatoms. The van der Waals surface area contributed by atoms with Gasteiger partial charge in [-0.25, -0.2) is 0 Å². The van der Waals surface area contributed by atoms with Gasteiger partial charge in [-0.1, -0.05) is 54.9 Å². The fourth-order valence-corrected chi connectivity index (χ4v) is 3.33. The van der Waals surface area contributed by atoms with Gasteiger partial charge in [0.15, 0.2) is 0 Å². The highest BCUT2D eigenvalue weighted by Crippen LogP contribution is 2.26. The van der Waals surface area contributed by atoms with E-state index in [4.69, 9.17) is 11.6 Å².